The zero-order chi connectivity index (χ0) is 17.5. The van der Waals surface area contributed by atoms with Crippen LogP contribution in [-0.4, -0.2) is 37.5 Å². The molecule has 3 N–H and O–H groups in total. The monoisotopic (exact) mass is 358 g/mol. The van der Waals surface area contributed by atoms with Crippen molar-refractivity contribution >= 4 is 35.1 Å². The van der Waals surface area contributed by atoms with Crippen LogP contribution in [0.1, 0.15) is 26.3 Å². The van der Waals surface area contributed by atoms with Crippen LogP contribution >= 0.6 is 23.2 Å². The van der Waals surface area contributed by atoms with E-state index in [0.29, 0.717) is 22.5 Å². The molecule has 5 nitrogen and oxygen atoms in total. The maximum Gasteiger partial charge on any atom is 0.239 e. The van der Waals surface area contributed by atoms with Gasteiger partial charge in [-0.3, -0.25) is 9.79 Å². The number of guanidine groups is 1. The van der Waals surface area contributed by atoms with Crippen molar-refractivity contribution in [3.8, 4) is 0 Å². The highest BCUT2D eigenvalue weighted by atomic mass is 35.5. The highest BCUT2D eigenvalue weighted by Gasteiger charge is 2.13. The number of nitrogens with one attached hydrogen (secondary N) is 3. The summed E-state index contributed by atoms with van der Waals surface area (Å²) in [6.07, 6.45) is 0.727. The maximum absolute atomic E-state index is 11.8. The van der Waals surface area contributed by atoms with Crippen LogP contribution < -0.4 is 16.0 Å². The Balaban J connectivity index is 2.38. The molecule has 0 unspecified atom stereocenters. The first-order chi connectivity index (χ1) is 10.7. The molecule has 0 aliphatic rings. The number of carbonyl (C=O) groups excluding carboxylic acids is 1. The fourth-order valence-electron chi connectivity index (χ4n) is 1.89. The second-order valence-electron chi connectivity index (χ2n) is 6.14. The van der Waals surface area contributed by atoms with Crippen molar-refractivity contribution < 1.29 is 4.79 Å². The molecule has 0 aliphatic heterocycles. The van der Waals surface area contributed by atoms with Crippen LogP contribution in [0.4, 0.5) is 0 Å². The van der Waals surface area contributed by atoms with E-state index in [0.717, 1.165) is 12.0 Å². The Morgan fingerprint density at radius 3 is 2.48 bits per heavy atom. The molecule has 0 spiro atoms. The lowest BCUT2D eigenvalue weighted by Crippen LogP contribution is -2.48. The van der Waals surface area contributed by atoms with Crippen molar-refractivity contribution in [3.05, 3.63) is 33.8 Å². The largest absolute Gasteiger partial charge is 0.356 e. The van der Waals surface area contributed by atoms with Gasteiger partial charge in [0, 0.05) is 29.2 Å². The van der Waals surface area contributed by atoms with Gasteiger partial charge in [0.2, 0.25) is 5.91 Å². The summed E-state index contributed by atoms with van der Waals surface area (Å²) in [5.41, 5.74) is 0.755. The zero-order valence-electron chi connectivity index (χ0n) is 14.0. The Morgan fingerprint density at radius 2 is 1.91 bits per heavy atom. The van der Waals surface area contributed by atoms with Crippen LogP contribution in [0.3, 0.4) is 0 Å². The van der Waals surface area contributed by atoms with Crippen LogP contribution in [0.5, 0.6) is 0 Å². The van der Waals surface area contributed by atoms with Gasteiger partial charge in [0.15, 0.2) is 5.96 Å². The van der Waals surface area contributed by atoms with Crippen molar-refractivity contribution in [3.63, 3.8) is 0 Å². The first-order valence-electron chi connectivity index (χ1n) is 7.41. The van der Waals surface area contributed by atoms with Gasteiger partial charge in [-0.25, -0.2) is 0 Å². The zero-order valence-corrected chi connectivity index (χ0v) is 15.5. The van der Waals surface area contributed by atoms with Crippen molar-refractivity contribution in [2.45, 2.75) is 32.7 Å². The number of nitrogens with zero attached hydrogens (tertiary/aromatic N) is 1. The van der Waals surface area contributed by atoms with E-state index in [9.17, 15) is 4.79 Å². The molecule has 1 aromatic rings. The molecule has 0 fully saturated rings. The maximum atomic E-state index is 11.8. The molecular weight excluding hydrogens is 335 g/mol. The van der Waals surface area contributed by atoms with E-state index in [-0.39, 0.29) is 18.0 Å². The normalized spacial score (nSPS) is 12.0. The van der Waals surface area contributed by atoms with E-state index in [2.05, 4.69) is 20.9 Å². The third-order valence-corrected chi connectivity index (χ3v) is 3.44. The molecule has 0 bridgehead atoms. The molecule has 0 saturated carbocycles. The van der Waals surface area contributed by atoms with Gasteiger partial charge in [-0.1, -0.05) is 29.3 Å². The fourth-order valence-corrected chi connectivity index (χ4v) is 2.39. The molecule has 0 saturated heterocycles. The Bertz CT molecular complexity index is 568. The number of benzene rings is 1. The van der Waals surface area contributed by atoms with Crippen LogP contribution in [0.2, 0.25) is 10.0 Å². The Labute approximate surface area is 147 Å². The number of amides is 1. The average molecular weight is 359 g/mol. The lowest BCUT2D eigenvalue weighted by Gasteiger charge is -2.21. The third-order valence-electron chi connectivity index (χ3n) is 2.86. The fraction of sp³-hybridized carbons (Fsp3) is 0.500. The Kier molecular flexibility index (Phi) is 7.65. The standard InChI is InChI=1S/C16H24Cl2N4O/c1-16(2,3)22-14(23)10-21-15(19-4)20-8-7-11-5-6-12(17)9-13(11)18/h5-6,9H,7-8,10H2,1-4H3,(H,22,23)(H2,19,20,21). The number of carbonyl (C=O) groups is 1. The lowest BCUT2D eigenvalue weighted by atomic mass is 10.1. The highest BCUT2D eigenvalue weighted by molar-refractivity contribution is 6.35. The topological polar surface area (TPSA) is 65.5 Å². The second kappa shape index (κ2) is 8.99. The number of aliphatic imine (C=N–C) groups is 1. The van der Waals surface area contributed by atoms with Gasteiger partial charge in [0.05, 0.1) is 6.54 Å². The number of hydrogen-bond acceptors (Lipinski definition) is 2. The van der Waals surface area contributed by atoms with Gasteiger partial charge in [-0.2, -0.15) is 0 Å². The van der Waals surface area contributed by atoms with Gasteiger partial charge < -0.3 is 16.0 Å². The first kappa shape index (κ1) is 19.6. The molecule has 0 heterocycles. The molecule has 1 aromatic carbocycles. The molecule has 0 aromatic heterocycles. The minimum absolute atomic E-state index is 0.0822. The predicted molar refractivity (Wildman–Crippen MR) is 97.4 cm³/mol. The second-order valence-corrected chi connectivity index (χ2v) is 6.98. The SMILES string of the molecule is CN=C(NCCc1ccc(Cl)cc1Cl)NCC(=O)NC(C)(C)C. The molecule has 0 radical (unpaired) electrons. The van der Waals surface area contributed by atoms with E-state index < -0.39 is 0 Å². The summed E-state index contributed by atoms with van der Waals surface area (Å²) in [5, 5.41) is 10.3. The molecule has 0 atom stereocenters. The van der Waals surface area contributed by atoms with Gasteiger partial charge in [0.1, 0.15) is 0 Å². The number of rotatable bonds is 5. The number of hydrogen-bond donors (Lipinski definition) is 3. The van der Waals surface area contributed by atoms with E-state index in [1.165, 1.54) is 0 Å². The first-order valence-corrected chi connectivity index (χ1v) is 8.16. The summed E-state index contributed by atoms with van der Waals surface area (Å²) in [4.78, 5) is 15.8. The summed E-state index contributed by atoms with van der Waals surface area (Å²) in [6, 6.07) is 5.44. The quantitative estimate of drug-likeness (QED) is 0.559. The smallest absolute Gasteiger partial charge is 0.239 e. The van der Waals surface area contributed by atoms with Crippen molar-refractivity contribution in [2.24, 2.45) is 4.99 Å². The van der Waals surface area contributed by atoms with E-state index in [1.54, 1.807) is 13.1 Å². The van der Waals surface area contributed by atoms with Crippen LogP contribution in [0.15, 0.2) is 23.2 Å². The molecule has 1 amide bonds. The van der Waals surface area contributed by atoms with E-state index in [4.69, 9.17) is 23.2 Å². The summed E-state index contributed by atoms with van der Waals surface area (Å²) in [5.74, 6) is 0.486. The molecule has 7 heteroatoms. The molecular formula is C16H24Cl2N4O. The minimum Gasteiger partial charge on any atom is -0.356 e. The van der Waals surface area contributed by atoms with E-state index >= 15 is 0 Å². The van der Waals surface area contributed by atoms with E-state index in [1.807, 2.05) is 32.9 Å². The van der Waals surface area contributed by atoms with Gasteiger partial charge in [0.25, 0.3) is 0 Å². The van der Waals surface area contributed by atoms with Crippen molar-refractivity contribution in [2.75, 3.05) is 20.1 Å². The van der Waals surface area contributed by atoms with Gasteiger partial charge in [-0.15, -0.1) is 0 Å². The highest BCUT2D eigenvalue weighted by Crippen LogP contribution is 2.20. The molecule has 23 heavy (non-hydrogen) atoms. The average Bonchev–Trinajstić information content (AvgIpc) is 2.42. The van der Waals surface area contributed by atoms with Crippen LogP contribution in [0, 0.1) is 0 Å². The molecule has 128 valence electrons. The minimum atomic E-state index is -0.249. The van der Waals surface area contributed by atoms with Crippen LogP contribution in [-0.2, 0) is 11.2 Å². The summed E-state index contributed by atoms with van der Waals surface area (Å²) >= 11 is 12.0. The Hall–Kier alpha value is -1.46. The number of halogens is 2. The molecule has 1 rings (SSSR count). The summed E-state index contributed by atoms with van der Waals surface area (Å²) in [7, 11) is 1.66. The predicted octanol–water partition coefficient (Wildman–Crippen LogP) is 2.62. The lowest BCUT2D eigenvalue weighted by molar-refractivity contribution is -0.121. The molecule has 0 aliphatic carbocycles. The van der Waals surface area contributed by atoms with Gasteiger partial charge >= 0.3 is 0 Å². The van der Waals surface area contributed by atoms with Gasteiger partial charge in [-0.05, 0) is 44.9 Å². The van der Waals surface area contributed by atoms with Crippen LogP contribution in [0.25, 0.3) is 0 Å². The summed E-state index contributed by atoms with van der Waals surface area (Å²) < 4.78 is 0. The Morgan fingerprint density at radius 1 is 1.22 bits per heavy atom. The van der Waals surface area contributed by atoms with Crippen molar-refractivity contribution in [1.29, 1.82) is 0 Å². The third kappa shape index (κ3) is 8.09. The summed E-state index contributed by atoms with van der Waals surface area (Å²) in [6.45, 7) is 6.62. The van der Waals surface area contributed by atoms with Crippen molar-refractivity contribution in [1.82, 2.24) is 16.0 Å².